The molecule has 2 heterocycles. The number of aromatic nitrogens is 1. The molecule has 1 aliphatic heterocycles. The van der Waals surface area contributed by atoms with E-state index in [0.717, 1.165) is 29.8 Å². The highest BCUT2D eigenvalue weighted by Crippen LogP contribution is 2.30. The maximum absolute atomic E-state index is 10.7. The van der Waals surface area contributed by atoms with Crippen LogP contribution in [0.4, 0.5) is 0 Å². The van der Waals surface area contributed by atoms with Crippen LogP contribution in [0.5, 0.6) is 5.75 Å². The van der Waals surface area contributed by atoms with Crippen molar-refractivity contribution in [3.8, 4) is 5.75 Å². The van der Waals surface area contributed by atoms with Crippen molar-refractivity contribution in [1.29, 1.82) is 0 Å². The Kier molecular flexibility index (Phi) is 6.04. The molecule has 1 N–H and O–H groups in total. The fourth-order valence-corrected chi connectivity index (χ4v) is 4.36. The number of hydrogen-bond acceptors (Lipinski definition) is 4. The number of ether oxygens (including phenoxy) is 1. The van der Waals surface area contributed by atoms with Gasteiger partial charge >= 0.3 is 0 Å². The Labute approximate surface area is 177 Å². The van der Waals surface area contributed by atoms with Crippen molar-refractivity contribution in [1.82, 2.24) is 9.88 Å². The summed E-state index contributed by atoms with van der Waals surface area (Å²) in [4.78, 5) is 6.74. The molecule has 1 saturated heterocycles. The number of pyridine rings is 1. The molecule has 2 aromatic carbocycles. The minimum Gasteiger partial charge on any atom is -0.491 e. The molecule has 0 bridgehead atoms. The molecule has 0 unspecified atom stereocenters. The predicted octanol–water partition coefficient (Wildman–Crippen LogP) is 4.71. The van der Waals surface area contributed by atoms with E-state index in [1.54, 1.807) is 0 Å². The van der Waals surface area contributed by atoms with Gasteiger partial charge in [0.1, 0.15) is 5.75 Å². The van der Waals surface area contributed by atoms with Crippen LogP contribution < -0.4 is 4.74 Å². The topological polar surface area (TPSA) is 45.6 Å². The summed E-state index contributed by atoms with van der Waals surface area (Å²) in [6, 6.07) is 16.0. The van der Waals surface area contributed by atoms with E-state index >= 15 is 0 Å². The Morgan fingerprint density at radius 1 is 1.14 bits per heavy atom. The molecule has 4 rings (SSSR count). The molecule has 2 atom stereocenters. The number of aliphatic hydroxyl groups excluding tert-OH is 1. The molecule has 5 heteroatoms. The number of fused-ring (bicyclic) bond motifs is 1. The molecule has 1 aromatic heterocycles. The Hall–Kier alpha value is -2.14. The Morgan fingerprint density at radius 2 is 1.97 bits per heavy atom. The standard InChI is InChI=1S/C24H27ClN2O2/c1-16(2)29-24-8-7-20(25)12-19(24)14-27-13-18(23(28)15-27)11-17-9-10-26-22-6-4-3-5-21(17)22/h3-10,12,16,18,23,28H,11,13-15H2,1-2H3/t18-,23-/m1/s1. The minimum absolute atomic E-state index is 0.104. The monoisotopic (exact) mass is 410 g/mol. The molecule has 29 heavy (non-hydrogen) atoms. The van der Waals surface area contributed by atoms with Crippen LogP contribution in [0, 0.1) is 5.92 Å². The van der Waals surface area contributed by atoms with E-state index < -0.39 is 0 Å². The second-order valence-electron chi connectivity index (χ2n) is 8.13. The van der Waals surface area contributed by atoms with E-state index in [1.807, 2.05) is 56.4 Å². The quantitative estimate of drug-likeness (QED) is 0.639. The van der Waals surface area contributed by atoms with E-state index in [2.05, 4.69) is 22.0 Å². The third-order valence-corrected chi connectivity index (χ3v) is 5.72. The number of rotatable bonds is 6. The molecule has 0 amide bonds. The van der Waals surface area contributed by atoms with Crippen molar-refractivity contribution in [3.63, 3.8) is 0 Å². The van der Waals surface area contributed by atoms with E-state index in [-0.39, 0.29) is 18.1 Å². The van der Waals surface area contributed by atoms with Gasteiger partial charge in [0.05, 0.1) is 17.7 Å². The first-order chi connectivity index (χ1) is 14.0. The van der Waals surface area contributed by atoms with E-state index in [9.17, 15) is 5.11 Å². The lowest BCUT2D eigenvalue weighted by Gasteiger charge is -2.20. The zero-order valence-electron chi connectivity index (χ0n) is 16.9. The van der Waals surface area contributed by atoms with Gasteiger partial charge in [0, 0.05) is 47.7 Å². The van der Waals surface area contributed by atoms with Crippen molar-refractivity contribution in [3.05, 3.63) is 70.9 Å². The first-order valence-electron chi connectivity index (χ1n) is 10.2. The summed E-state index contributed by atoms with van der Waals surface area (Å²) in [6.07, 6.45) is 2.45. The van der Waals surface area contributed by atoms with E-state index in [4.69, 9.17) is 16.3 Å². The number of para-hydroxylation sites is 1. The third kappa shape index (κ3) is 4.72. The van der Waals surface area contributed by atoms with Gasteiger partial charge in [-0.05, 0) is 56.2 Å². The van der Waals surface area contributed by atoms with Gasteiger partial charge in [0.15, 0.2) is 0 Å². The number of aliphatic hydroxyl groups is 1. The van der Waals surface area contributed by atoms with Gasteiger partial charge in [-0.25, -0.2) is 0 Å². The van der Waals surface area contributed by atoms with Crippen LogP contribution in [0.2, 0.25) is 5.02 Å². The van der Waals surface area contributed by atoms with Crippen molar-refractivity contribution >= 4 is 22.5 Å². The van der Waals surface area contributed by atoms with E-state index in [0.29, 0.717) is 18.1 Å². The van der Waals surface area contributed by atoms with Crippen molar-refractivity contribution in [2.45, 2.75) is 39.0 Å². The summed E-state index contributed by atoms with van der Waals surface area (Å²) in [6.45, 7) is 6.25. The number of β-amino-alcohol motifs (C(OH)–C–C–N with tert-alkyl or cyclic N) is 1. The number of nitrogens with zero attached hydrogens (tertiary/aromatic N) is 2. The zero-order chi connectivity index (χ0) is 20.4. The normalized spacial score (nSPS) is 19.9. The van der Waals surface area contributed by atoms with Crippen molar-refractivity contribution in [2.24, 2.45) is 5.92 Å². The first kappa shape index (κ1) is 20.1. The Bertz CT molecular complexity index is 986. The molecule has 0 saturated carbocycles. The molecule has 1 aliphatic rings. The summed E-state index contributed by atoms with van der Waals surface area (Å²) >= 11 is 6.23. The van der Waals surface area contributed by atoms with E-state index in [1.165, 1.54) is 10.9 Å². The highest BCUT2D eigenvalue weighted by atomic mass is 35.5. The van der Waals surface area contributed by atoms with Gasteiger partial charge in [-0.1, -0.05) is 29.8 Å². The first-order valence-corrected chi connectivity index (χ1v) is 10.6. The van der Waals surface area contributed by atoms with Crippen LogP contribution in [0.1, 0.15) is 25.0 Å². The lowest BCUT2D eigenvalue weighted by Crippen LogP contribution is -2.22. The summed E-state index contributed by atoms with van der Waals surface area (Å²) in [7, 11) is 0. The van der Waals surface area contributed by atoms with Crippen LogP contribution in [0.3, 0.4) is 0 Å². The largest absolute Gasteiger partial charge is 0.491 e. The summed E-state index contributed by atoms with van der Waals surface area (Å²) in [5.74, 6) is 1.05. The predicted molar refractivity (Wildman–Crippen MR) is 117 cm³/mol. The van der Waals surface area contributed by atoms with Gasteiger partial charge < -0.3 is 9.84 Å². The maximum atomic E-state index is 10.7. The SMILES string of the molecule is CC(C)Oc1ccc(Cl)cc1CN1C[C@@H](Cc2ccnc3ccccc23)[C@H](O)C1. The molecule has 1 fully saturated rings. The average molecular weight is 411 g/mol. The highest BCUT2D eigenvalue weighted by Gasteiger charge is 2.32. The van der Waals surface area contributed by atoms with Gasteiger partial charge in [-0.2, -0.15) is 0 Å². The molecule has 4 nitrogen and oxygen atoms in total. The van der Waals surface area contributed by atoms with Gasteiger partial charge in [0.2, 0.25) is 0 Å². The second kappa shape index (κ2) is 8.70. The third-order valence-electron chi connectivity index (χ3n) is 5.48. The lowest BCUT2D eigenvalue weighted by atomic mass is 9.94. The van der Waals surface area contributed by atoms with Crippen LogP contribution in [0.25, 0.3) is 10.9 Å². The fraction of sp³-hybridized carbons (Fsp3) is 0.375. The zero-order valence-corrected chi connectivity index (χ0v) is 17.6. The number of benzene rings is 2. The Morgan fingerprint density at radius 3 is 2.79 bits per heavy atom. The number of halogens is 1. The molecule has 0 radical (unpaired) electrons. The number of hydrogen-bond donors (Lipinski definition) is 1. The van der Waals surface area contributed by atoms with Gasteiger partial charge in [-0.15, -0.1) is 0 Å². The van der Waals surface area contributed by atoms with Crippen LogP contribution in [-0.4, -0.2) is 40.3 Å². The van der Waals surface area contributed by atoms with Crippen molar-refractivity contribution < 1.29 is 9.84 Å². The van der Waals surface area contributed by atoms with Gasteiger partial charge in [-0.3, -0.25) is 9.88 Å². The molecule has 0 spiro atoms. The fourth-order valence-electron chi connectivity index (χ4n) is 4.17. The molecular weight excluding hydrogens is 384 g/mol. The van der Waals surface area contributed by atoms with Gasteiger partial charge in [0.25, 0.3) is 0 Å². The minimum atomic E-state index is -0.351. The average Bonchev–Trinajstić information content (AvgIpc) is 3.03. The molecule has 3 aromatic rings. The lowest BCUT2D eigenvalue weighted by molar-refractivity contribution is 0.141. The molecule has 152 valence electrons. The summed E-state index contributed by atoms with van der Waals surface area (Å²) < 4.78 is 5.95. The Balaban J connectivity index is 1.49. The van der Waals surface area contributed by atoms with Crippen LogP contribution in [-0.2, 0) is 13.0 Å². The second-order valence-corrected chi connectivity index (χ2v) is 8.57. The smallest absolute Gasteiger partial charge is 0.124 e. The summed E-state index contributed by atoms with van der Waals surface area (Å²) in [5.41, 5.74) is 3.31. The molecule has 0 aliphatic carbocycles. The van der Waals surface area contributed by atoms with Crippen LogP contribution >= 0.6 is 11.6 Å². The summed E-state index contributed by atoms with van der Waals surface area (Å²) in [5, 5.41) is 12.6. The van der Waals surface area contributed by atoms with Crippen LogP contribution in [0.15, 0.2) is 54.7 Å². The maximum Gasteiger partial charge on any atom is 0.124 e. The van der Waals surface area contributed by atoms with Crippen molar-refractivity contribution in [2.75, 3.05) is 13.1 Å². The highest BCUT2D eigenvalue weighted by molar-refractivity contribution is 6.30. The molecular formula is C24H27ClN2O2. The number of likely N-dealkylation sites (tertiary alicyclic amines) is 1.